The molecule has 0 bridgehead atoms. The molecule has 0 aliphatic heterocycles. The summed E-state index contributed by atoms with van der Waals surface area (Å²) in [5, 5.41) is 20.5. The molecule has 9 nitrogen and oxygen atoms in total. The van der Waals surface area contributed by atoms with Crippen LogP contribution in [0.15, 0.2) is 60.8 Å². The fourth-order valence-electron chi connectivity index (χ4n) is 2.62. The largest absolute Gasteiger partial charge is 0.439 e. The van der Waals surface area contributed by atoms with E-state index in [-0.39, 0.29) is 23.1 Å². The van der Waals surface area contributed by atoms with Crippen molar-refractivity contribution in [3.63, 3.8) is 0 Å². The number of hydrogen-bond donors (Lipinski definition) is 2. The number of ether oxygens (including phenoxy) is 1. The van der Waals surface area contributed by atoms with Gasteiger partial charge < -0.3 is 10.1 Å². The Morgan fingerprint density at radius 2 is 1.93 bits per heavy atom. The van der Waals surface area contributed by atoms with Crippen LogP contribution in [0, 0.1) is 15.9 Å². The number of fused-ring (bicyclic) bond motifs is 1. The molecule has 0 unspecified atom stereocenters. The quantitative estimate of drug-likeness (QED) is 0.389. The number of non-ortho nitro benzene ring substituents is 1. The smallest absolute Gasteiger partial charge is 0.276 e. The standard InChI is InChI=1S/C19H12FN5O4/c20-11-1-5-14(6-2-11)29-17-8-3-12(10-21-17)22-19(26)18-15-9-13(25(27)28)4-7-16(15)23-24-18/h1-10H,(H,22,26)(H,23,24). The zero-order valence-electron chi connectivity index (χ0n) is 14.6. The van der Waals surface area contributed by atoms with Gasteiger partial charge in [-0.25, -0.2) is 9.37 Å². The van der Waals surface area contributed by atoms with Gasteiger partial charge in [-0.05, 0) is 36.4 Å². The maximum absolute atomic E-state index is 12.9. The summed E-state index contributed by atoms with van der Waals surface area (Å²) in [7, 11) is 0. The number of carbonyl (C=O) groups is 1. The van der Waals surface area contributed by atoms with Crippen molar-refractivity contribution >= 4 is 28.2 Å². The number of nitrogens with one attached hydrogen (secondary N) is 2. The molecule has 10 heteroatoms. The van der Waals surface area contributed by atoms with Crippen LogP contribution in [-0.4, -0.2) is 26.0 Å². The van der Waals surface area contributed by atoms with Gasteiger partial charge in [-0.15, -0.1) is 0 Å². The molecule has 0 radical (unpaired) electrons. The maximum atomic E-state index is 12.9. The first-order chi connectivity index (χ1) is 14.0. The average Bonchev–Trinajstić information content (AvgIpc) is 3.14. The summed E-state index contributed by atoms with van der Waals surface area (Å²) in [6, 6.07) is 12.7. The number of anilines is 1. The summed E-state index contributed by atoms with van der Waals surface area (Å²) in [4.78, 5) is 27.0. The van der Waals surface area contributed by atoms with Gasteiger partial charge >= 0.3 is 0 Å². The first-order valence-electron chi connectivity index (χ1n) is 8.33. The minimum Gasteiger partial charge on any atom is -0.439 e. The molecule has 0 aliphatic carbocycles. The predicted octanol–water partition coefficient (Wildman–Crippen LogP) is 4.05. The van der Waals surface area contributed by atoms with Gasteiger partial charge in [0.25, 0.3) is 11.6 Å². The van der Waals surface area contributed by atoms with Gasteiger partial charge in [0.2, 0.25) is 5.88 Å². The molecule has 0 aliphatic rings. The fraction of sp³-hybridized carbons (Fsp3) is 0. The highest BCUT2D eigenvalue weighted by molar-refractivity contribution is 6.11. The normalized spacial score (nSPS) is 10.7. The number of nitro groups is 1. The van der Waals surface area contributed by atoms with E-state index in [0.717, 1.165) is 0 Å². The van der Waals surface area contributed by atoms with Crippen LogP contribution in [0.3, 0.4) is 0 Å². The summed E-state index contributed by atoms with van der Waals surface area (Å²) in [6.07, 6.45) is 1.38. The van der Waals surface area contributed by atoms with Gasteiger partial charge in [0.1, 0.15) is 11.6 Å². The lowest BCUT2D eigenvalue weighted by molar-refractivity contribution is -0.384. The number of halogens is 1. The SMILES string of the molecule is O=C(Nc1ccc(Oc2ccc(F)cc2)nc1)c1n[nH]c2ccc([N+](=O)[O-])cc12. The third-order valence-electron chi connectivity index (χ3n) is 4.00. The number of amides is 1. The van der Waals surface area contributed by atoms with Gasteiger partial charge in [0.15, 0.2) is 5.69 Å². The van der Waals surface area contributed by atoms with Crippen molar-refractivity contribution in [3.05, 3.63) is 82.4 Å². The molecule has 0 saturated carbocycles. The van der Waals surface area contributed by atoms with Gasteiger partial charge in [0, 0.05) is 23.6 Å². The molecule has 4 aromatic rings. The van der Waals surface area contributed by atoms with Crippen LogP contribution < -0.4 is 10.1 Å². The summed E-state index contributed by atoms with van der Waals surface area (Å²) in [6.45, 7) is 0. The third-order valence-corrected chi connectivity index (χ3v) is 4.00. The van der Waals surface area contributed by atoms with Crippen LogP contribution in [0.25, 0.3) is 10.9 Å². The minimum absolute atomic E-state index is 0.0235. The van der Waals surface area contributed by atoms with E-state index in [9.17, 15) is 19.3 Å². The zero-order chi connectivity index (χ0) is 20.4. The van der Waals surface area contributed by atoms with Crippen LogP contribution in [0.5, 0.6) is 11.6 Å². The number of aromatic nitrogens is 3. The number of aromatic amines is 1. The topological polar surface area (TPSA) is 123 Å². The molecule has 0 fully saturated rings. The first kappa shape index (κ1) is 18.0. The van der Waals surface area contributed by atoms with Crippen LogP contribution in [-0.2, 0) is 0 Å². The molecule has 2 aromatic heterocycles. The Morgan fingerprint density at radius 1 is 1.14 bits per heavy atom. The molecular formula is C19H12FN5O4. The monoisotopic (exact) mass is 393 g/mol. The molecule has 4 rings (SSSR count). The van der Waals surface area contributed by atoms with Crippen molar-refractivity contribution in [3.8, 4) is 11.6 Å². The first-order valence-corrected chi connectivity index (χ1v) is 8.33. The van der Waals surface area contributed by atoms with Crippen molar-refractivity contribution < 1.29 is 18.8 Å². The Balaban J connectivity index is 1.50. The van der Waals surface area contributed by atoms with E-state index in [1.54, 1.807) is 6.07 Å². The highest BCUT2D eigenvalue weighted by Gasteiger charge is 2.17. The van der Waals surface area contributed by atoms with Crippen molar-refractivity contribution in [2.24, 2.45) is 0 Å². The molecule has 0 spiro atoms. The van der Waals surface area contributed by atoms with Gasteiger partial charge in [-0.2, -0.15) is 5.10 Å². The molecule has 0 atom stereocenters. The van der Waals surface area contributed by atoms with E-state index in [2.05, 4.69) is 20.5 Å². The molecule has 1 amide bonds. The second kappa shape index (κ2) is 7.35. The molecular weight excluding hydrogens is 381 g/mol. The molecule has 2 heterocycles. The Labute approximate surface area is 162 Å². The van der Waals surface area contributed by atoms with Crippen molar-refractivity contribution in [2.45, 2.75) is 0 Å². The Morgan fingerprint density at radius 3 is 2.62 bits per heavy atom. The summed E-state index contributed by atoms with van der Waals surface area (Å²) in [5.74, 6) is -0.249. The van der Waals surface area contributed by atoms with Crippen LogP contribution in [0.4, 0.5) is 15.8 Å². The van der Waals surface area contributed by atoms with E-state index >= 15 is 0 Å². The Bertz CT molecular complexity index is 1210. The van der Waals surface area contributed by atoms with Crippen molar-refractivity contribution in [1.82, 2.24) is 15.2 Å². The Hall–Kier alpha value is -4.34. The van der Waals surface area contributed by atoms with E-state index in [4.69, 9.17) is 4.74 Å². The zero-order valence-corrected chi connectivity index (χ0v) is 14.6. The second-order valence-electron chi connectivity index (χ2n) is 5.95. The fourth-order valence-corrected chi connectivity index (χ4v) is 2.62. The van der Waals surface area contributed by atoms with Gasteiger partial charge in [-0.3, -0.25) is 20.0 Å². The lowest BCUT2D eigenvalue weighted by Gasteiger charge is -2.06. The third kappa shape index (κ3) is 3.86. The van der Waals surface area contributed by atoms with Crippen molar-refractivity contribution in [1.29, 1.82) is 0 Å². The van der Waals surface area contributed by atoms with Crippen LogP contribution >= 0.6 is 0 Å². The molecule has 144 valence electrons. The summed E-state index contributed by atoms with van der Waals surface area (Å²) in [5.41, 5.74) is 0.761. The second-order valence-corrected chi connectivity index (χ2v) is 5.95. The number of benzene rings is 2. The Kier molecular flexibility index (Phi) is 4.57. The van der Waals surface area contributed by atoms with Crippen molar-refractivity contribution in [2.75, 3.05) is 5.32 Å². The number of pyridine rings is 1. The lowest BCUT2D eigenvalue weighted by Crippen LogP contribution is -2.13. The van der Waals surface area contributed by atoms with E-state index in [1.807, 2.05) is 0 Å². The van der Waals surface area contributed by atoms with E-state index in [1.165, 1.54) is 54.7 Å². The minimum atomic E-state index is -0.550. The molecule has 2 N–H and O–H groups in total. The molecule has 0 saturated heterocycles. The number of carbonyl (C=O) groups excluding carboxylic acids is 1. The number of hydrogen-bond acceptors (Lipinski definition) is 6. The van der Waals surface area contributed by atoms with Crippen LogP contribution in [0.1, 0.15) is 10.5 Å². The predicted molar refractivity (Wildman–Crippen MR) is 101 cm³/mol. The van der Waals surface area contributed by atoms with Crippen LogP contribution in [0.2, 0.25) is 0 Å². The number of H-pyrrole nitrogens is 1. The highest BCUT2D eigenvalue weighted by atomic mass is 19.1. The average molecular weight is 393 g/mol. The molecule has 2 aromatic carbocycles. The summed E-state index contributed by atoms with van der Waals surface area (Å²) < 4.78 is 18.4. The highest BCUT2D eigenvalue weighted by Crippen LogP contribution is 2.24. The molecule has 29 heavy (non-hydrogen) atoms. The van der Waals surface area contributed by atoms with Gasteiger partial charge in [-0.1, -0.05) is 0 Å². The van der Waals surface area contributed by atoms with E-state index < -0.39 is 10.8 Å². The van der Waals surface area contributed by atoms with Gasteiger partial charge in [0.05, 0.1) is 22.3 Å². The number of nitro benzene ring substituents is 1. The maximum Gasteiger partial charge on any atom is 0.276 e. The number of nitrogens with zero attached hydrogens (tertiary/aromatic N) is 3. The lowest BCUT2D eigenvalue weighted by atomic mass is 10.2. The summed E-state index contributed by atoms with van der Waals surface area (Å²) >= 11 is 0. The number of rotatable bonds is 5. The van der Waals surface area contributed by atoms with E-state index in [0.29, 0.717) is 22.3 Å².